The normalized spacial score (nSPS) is 19.2. The molecule has 0 heterocycles. The molecular weight excluding hydrogens is 348 g/mol. The molecule has 6 nitrogen and oxygen atoms in total. The second-order valence-electron chi connectivity index (χ2n) is 6.07. The van der Waals surface area contributed by atoms with Crippen molar-refractivity contribution in [2.24, 2.45) is 0 Å². The number of aliphatic hydroxyl groups excluding tert-OH is 1. The highest BCUT2D eigenvalue weighted by Crippen LogP contribution is 2.43. The Balaban J connectivity index is 2.02. The van der Waals surface area contributed by atoms with E-state index in [-0.39, 0.29) is 11.5 Å². The number of carbonyl (C=O) groups excluding carboxylic acids is 1. The lowest BCUT2D eigenvalue weighted by Gasteiger charge is -2.17. The molecule has 0 saturated heterocycles. The number of allylic oxidation sites excluding steroid dienone is 1. The van der Waals surface area contributed by atoms with Crippen molar-refractivity contribution in [1.29, 1.82) is 0 Å². The maximum Gasteiger partial charge on any atom is 0.177 e. The van der Waals surface area contributed by atoms with Gasteiger partial charge in [-0.05, 0) is 35.4 Å². The Labute approximate surface area is 157 Å². The Kier molecular flexibility index (Phi) is 5.37. The van der Waals surface area contributed by atoms with Gasteiger partial charge < -0.3 is 24.1 Å². The fourth-order valence-electron chi connectivity index (χ4n) is 3.36. The van der Waals surface area contributed by atoms with E-state index in [1.54, 1.807) is 56.7 Å². The zero-order chi connectivity index (χ0) is 19.6. The van der Waals surface area contributed by atoms with Gasteiger partial charge in [-0.3, -0.25) is 4.79 Å². The third-order valence-electron chi connectivity index (χ3n) is 4.72. The first-order valence-electron chi connectivity index (χ1n) is 8.42. The summed E-state index contributed by atoms with van der Waals surface area (Å²) in [6, 6.07) is 12.2. The van der Waals surface area contributed by atoms with Gasteiger partial charge in [0.25, 0.3) is 0 Å². The lowest BCUT2D eigenvalue weighted by atomic mass is 9.91. The van der Waals surface area contributed by atoms with Gasteiger partial charge in [-0.1, -0.05) is 18.2 Å². The first-order chi connectivity index (χ1) is 13.0. The van der Waals surface area contributed by atoms with Crippen LogP contribution in [0.2, 0.25) is 0 Å². The molecule has 0 bridgehead atoms. The van der Waals surface area contributed by atoms with E-state index in [1.807, 2.05) is 0 Å². The Morgan fingerprint density at radius 2 is 1.48 bits per heavy atom. The van der Waals surface area contributed by atoms with Crippen LogP contribution in [0.3, 0.4) is 0 Å². The highest BCUT2D eigenvalue weighted by Gasteiger charge is 2.43. The van der Waals surface area contributed by atoms with E-state index in [4.69, 9.17) is 18.9 Å². The zero-order valence-electron chi connectivity index (χ0n) is 15.7. The Morgan fingerprint density at radius 1 is 0.815 bits per heavy atom. The van der Waals surface area contributed by atoms with Crippen molar-refractivity contribution in [3.63, 3.8) is 0 Å². The molecule has 6 heteroatoms. The predicted molar refractivity (Wildman–Crippen MR) is 100 cm³/mol. The molecule has 0 unspecified atom stereocenters. The van der Waals surface area contributed by atoms with Gasteiger partial charge in [0.15, 0.2) is 17.3 Å². The molecule has 1 aliphatic carbocycles. The van der Waals surface area contributed by atoms with Crippen LogP contribution in [0.15, 0.2) is 48.2 Å². The summed E-state index contributed by atoms with van der Waals surface area (Å²) < 4.78 is 21.1. The van der Waals surface area contributed by atoms with Crippen molar-refractivity contribution in [3.05, 3.63) is 59.4 Å². The number of rotatable bonds is 6. The van der Waals surface area contributed by atoms with E-state index in [2.05, 4.69) is 0 Å². The lowest BCUT2D eigenvalue weighted by Crippen LogP contribution is -2.21. The summed E-state index contributed by atoms with van der Waals surface area (Å²) in [6.07, 6.45) is -1.09. The second-order valence-corrected chi connectivity index (χ2v) is 6.07. The zero-order valence-corrected chi connectivity index (χ0v) is 15.7. The fraction of sp³-hybridized carbons (Fsp3) is 0.286. The number of ether oxygens (including phenoxy) is 4. The monoisotopic (exact) mass is 370 g/mol. The minimum absolute atomic E-state index is 0.211. The van der Waals surface area contributed by atoms with Crippen molar-refractivity contribution in [3.8, 4) is 17.2 Å². The van der Waals surface area contributed by atoms with Crippen LogP contribution >= 0.6 is 0 Å². The molecule has 2 atom stereocenters. The number of aliphatic hydroxyl groups is 1. The van der Waals surface area contributed by atoms with Gasteiger partial charge in [-0.25, -0.2) is 0 Å². The number of hydrogen-bond acceptors (Lipinski definition) is 6. The third kappa shape index (κ3) is 3.24. The van der Waals surface area contributed by atoms with E-state index < -0.39 is 12.0 Å². The van der Waals surface area contributed by atoms with Crippen molar-refractivity contribution < 1.29 is 28.8 Å². The summed E-state index contributed by atoms with van der Waals surface area (Å²) in [5, 5.41) is 10.8. The summed E-state index contributed by atoms with van der Waals surface area (Å²) in [7, 11) is 6.09. The van der Waals surface area contributed by atoms with Gasteiger partial charge in [-0.2, -0.15) is 0 Å². The lowest BCUT2D eigenvalue weighted by molar-refractivity contribution is -0.116. The van der Waals surface area contributed by atoms with Crippen LogP contribution in [0.25, 0.3) is 5.57 Å². The van der Waals surface area contributed by atoms with E-state index in [0.29, 0.717) is 33.9 Å². The summed E-state index contributed by atoms with van der Waals surface area (Å²) in [5.74, 6) is 0.989. The van der Waals surface area contributed by atoms with Gasteiger partial charge in [0.2, 0.25) is 0 Å². The molecule has 0 saturated carbocycles. The smallest absolute Gasteiger partial charge is 0.177 e. The first-order valence-corrected chi connectivity index (χ1v) is 8.42. The first kappa shape index (κ1) is 18.8. The molecule has 0 aromatic heterocycles. The molecule has 142 valence electrons. The molecule has 2 aromatic rings. The summed E-state index contributed by atoms with van der Waals surface area (Å²) in [4.78, 5) is 13.2. The minimum atomic E-state index is -1.09. The Morgan fingerprint density at radius 3 is 2.04 bits per heavy atom. The van der Waals surface area contributed by atoms with E-state index in [1.165, 1.54) is 14.2 Å². The van der Waals surface area contributed by atoms with Crippen molar-refractivity contribution in [1.82, 2.24) is 0 Å². The van der Waals surface area contributed by atoms with E-state index in [9.17, 15) is 9.90 Å². The highest BCUT2D eigenvalue weighted by atomic mass is 16.5. The summed E-state index contributed by atoms with van der Waals surface area (Å²) in [6.45, 7) is 0. The van der Waals surface area contributed by atoms with Crippen LogP contribution < -0.4 is 14.2 Å². The maximum absolute atomic E-state index is 13.2. The van der Waals surface area contributed by atoms with Crippen molar-refractivity contribution in [2.45, 2.75) is 12.0 Å². The Bertz CT molecular complexity index is 869. The van der Waals surface area contributed by atoms with Gasteiger partial charge >= 0.3 is 0 Å². The predicted octanol–water partition coefficient (Wildman–Crippen LogP) is 2.80. The van der Waals surface area contributed by atoms with Crippen LogP contribution in [0, 0.1) is 0 Å². The third-order valence-corrected chi connectivity index (χ3v) is 4.72. The SMILES string of the molecule is COC1=C(c2ccc(OC)cc2)C(=O)[C@H](c2ccc(OC)c(OC)c2)[C@@H]1O. The second kappa shape index (κ2) is 7.72. The molecule has 0 spiro atoms. The van der Waals surface area contributed by atoms with Gasteiger partial charge in [0, 0.05) is 0 Å². The molecule has 0 amide bonds. The van der Waals surface area contributed by atoms with Crippen LogP contribution in [0.4, 0.5) is 0 Å². The quantitative estimate of drug-likeness (QED) is 0.843. The van der Waals surface area contributed by atoms with E-state index in [0.717, 1.165) is 0 Å². The van der Waals surface area contributed by atoms with Crippen LogP contribution in [0.5, 0.6) is 17.2 Å². The average Bonchev–Trinajstić information content (AvgIpc) is 2.96. The fourth-order valence-corrected chi connectivity index (χ4v) is 3.36. The molecule has 0 aliphatic heterocycles. The number of hydrogen-bond donors (Lipinski definition) is 1. The molecule has 1 aliphatic rings. The number of benzene rings is 2. The average molecular weight is 370 g/mol. The van der Waals surface area contributed by atoms with Gasteiger partial charge in [0.05, 0.1) is 39.9 Å². The van der Waals surface area contributed by atoms with Crippen molar-refractivity contribution in [2.75, 3.05) is 28.4 Å². The largest absolute Gasteiger partial charge is 0.498 e. The number of Topliss-reactive ketones (excluding diaryl/α,β-unsaturated/α-hetero) is 1. The molecule has 27 heavy (non-hydrogen) atoms. The Hall–Kier alpha value is -2.99. The van der Waals surface area contributed by atoms with Crippen molar-refractivity contribution >= 4 is 11.4 Å². The number of ketones is 1. The molecule has 1 N–H and O–H groups in total. The van der Waals surface area contributed by atoms with Crippen LogP contribution in [-0.4, -0.2) is 45.4 Å². The van der Waals surface area contributed by atoms with E-state index >= 15 is 0 Å². The van der Waals surface area contributed by atoms with Crippen LogP contribution in [0.1, 0.15) is 17.0 Å². The minimum Gasteiger partial charge on any atom is -0.498 e. The molecular formula is C21H22O6. The molecule has 0 radical (unpaired) electrons. The molecule has 3 rings (SSSR count). The maximum atomic E-state index is 13.2. The molecule has 2 aromatic carbocycles. The van der Waals surface area contributed by atoms with Gasteiger partial charge in [0.1, 0.15) is 17.6 Å². The number of carbonyl (C=O) groups is 1. The van der Waals surface area contributed by atoms with Crippen LogP contribution in [-0.2, 0) is 9.53 Å². The summed E-state index contributed by atoms with van der Waals surface area (Å²) in [5.41, 5.74) is 1.66. The summed E-state index contributed by atoms with van der Waals surface area (Å²) >= 11 is 0. The topological polar surface area (TPSA) is 74.2 Å². The van der Waals surface area contributed by atoms with Gasteiger partial charge in [-0.15, -0.1) is 0 Å². The highest BCUT2D eigenvalue weighted by molar-refractivity contribution is 6.27. The number of methoxy groups -OCH3 is 4. The standard InChI is InChI=1S/C21H22O6/c1-24-14-8-5-12(6-9-14)18-19(22)17(20(23)21(18)27-4)13-7-10-15(25-2)16(11-13)26-3/h5-11,17,20,23H,1-4H3/t17-,20-/m0/s1. The molecule has 0 fully saturated rings.